The molecular weight excluding hydrogens is 371 g/mol. The number of nitrogens with zero attached hydrogens (tertiary/aromatic N) is 2. The topological polar surface area (TPSA) is 35.6 Å². The predicted octanol–water partition coefficient (Wildman–Crippen LogP) is 4.63. The average Bonchev–Trinajstić information content (AvgIpc) is 2.58. The van der Waals surface area contributed by atoms with E-state index in [4.69, 9.17) is 23.2 Å². The summed E-state index contributed by atoms with van der Waals surface area (Å²) in [6.07, 6.45) is 0. The highest BCUT2D eigenvalue weighted by Crippen LogP contribution is 2.27. The van der Waals surface area contributed by atoms with E-state index in [1.54, 1.807) is 28.0 Å². The number of benzene rings is 2. The molecule has 0 saturated carbocycles. The maximum absolute atomic E-state index is 13.9. The highest BCUT2D eigenvalue weighted by atomic mass is 35.5. The van der Waals surface area contributed by atoms with Crippen molar-refractivity contribution in [3.63, 3.8) is 0 Å². The van der Waals surface area contributed by atoms with E-state index in [2.05, 4.69) is 5.32 Å². The lowest BCUT2D eigenvalue weighted by atomic mass is 10.2. The molecule has 0 spiro atoms. The number of hydrogen-bond donors (Lipinski definition) is 1. The van der Waals surface area contributed by atoms with Gasteiger partial charge in [-0.2, -0.15) is 0 Å². The Labute approximate surface area is 153 Å². The summed E-state index contributed by atoms with van der Waals surface area (Å²) in [6, 6.07) is 8.22. The molecule has 25 heavy (non-hydrogen) atoms. The van der Waals surface area contributed by atoms with Crippen LogP contribution in [0.5, 0.6) is 0 Å². The molecule has 2 aromatic rings. The SMILES string of the molecule is O=C(Nc1cc(Cl)ccc1Cl)N1CCN(c2c(F)cccc2F)CC1. The molecule has 1 heterocycles. The van der Waals surface area contributed by atoms with Crippen LogP contribution in [0.2, 0.25) is 10.0 Å². The molecule has 0 bridgehead atoms. The molecule has 2 aromatic carbocycles. The summed E-state index contributed by atoms with van der Waals surface area (Å²) in [5, 5.41) is 3.54. The summed E-state index contributed by atoms with van der Waals surface area (Å²) in [6.45, 7) is 1.32. The summed E-state index contributed by atoms with van der Waals surface area (Å²) >= 11 is 11.9. The van der Waals surface area contributed by atoms with E-state index >= 15 is 0 Å². The van der Waals surface area contributed by atoms with Crippen LogP contribution in [0.15, 0.2) is 36.4 Å². The average molecular weight is 386 g/mol. The molecule has 8 heteroatoms. The lowest BCUT2D eigenvalue weighted by Gasteiger charge is -2.36. The molecule has 2 amide bonds. The summed E-state index contributed by atoms with van der Waals surface area (Å²) < 4.78 is 27.7. The van der Waals surface area contributed by atoms with Crippen LogP contribution in [-0.2, 0) is 0 Å². The van der Waals surface area contributed by atoms with E-state index in [-0.39, 0.29) is 11.7 Å². The second-order valence-corrected chi connectivity index (χ2v) is 6.44. The minimum Gasteiger partial charge on any atom is -0.363 e. The zero-order chi connectivity index (χ0) is 18.0. The maximum atomic E-state index is 13.9. The summed E-state index contributed by atoms with van der Waals surface area (Å²) in [5.41, 5.74) is 0.363. The first-order valence-electron chi connectivity index (χ1n) is 7.65. The molecule has 0 aromatic heterocycles. The van der Waals surface area contributed by atoms with Crippen LogP contribution >= 0.6 is 23.2 Å². The van der Waals surface area contributed by atoms with Crippen molar-refractivity contribution in [1.29, 1.82) is 0 Å². The van der Waals surface area contributed by atoms with E-state index in [1.165, 1.54) is 18.2 Å². The van der Waals surface area contributed by atoms with Crippen LogP contribution in [-0.4, -0.2) is 37.1 Å². The van der Waals surface area contributed by atoms with Gasteiger partial charge in [-0.3, -0.25) is 0 Å². The first-order chi connectivity index (χ1) is 12.0. The van der Waals surface area contributed by atoms with E-state index in [9.17, 15) is 13.6 Å². The van der Waals surface area contributed by atoms with Crippen LogP contribution in [0, 0.1) is 11.6 Å². The molecular formula is C17H15Cl2F2N3O. The Balaban J connectivity index is 1.64. The third-order valence-corrected chi connectivity index (χ3v) is 4.56. The summed E-state index contributed by atoms with van der Waals surface area (Å²) in [5.74, 6) is -1.22. The summed E-state index contributed by atoms with van der Waals surface area (Å²) in [4.78, 5) is 15.5. The Morgan fingerprint density at radius 2 is 1.64 bits per heavy atom. The molecule has 0 radical (unpaired) electrons. The predicted molar refractivity (Wildman–Crippen MR) is 95.6 cm³/mol. The number of urea groups is 1. The van der Waals surface area contributed by atoms with Gasteiger partial charge in [0, 0.05) is 31.2 Å². The van der Waals surface area contributed by atoms with Crippen molar-refractivity contribution in [3.05, 3.63) is 58.1 Å². The largest absolute Gasteiger partial charge is 0.363 e. The monoisotopic (exact) mass is 385 g/mol. The van der Waals surface area contributed by atoms with E-state index in [0.717, 1.165) is 0 Å². The van der Waals surface area contributed by atoms with Crippen LogP contribution in [0.25, 0.3) is 0 Å². The molecule has 1 N–H and O–H groups in total. The molecule has 4 nitrogen and oxygen atoms in total. The fraction of sp³-hybridized carbons (Fsp3) is 0.235. The van der Waals surface area contributed by atoms with Crippen molar-refractivity contribution in [2.75, 3.05) is 36.4 Å². The molecule has 0 unspecified atom stereocenters. The molecule has 3 rings (SSSR count). The quantitative estimate of drug-likeness (QED) is 0.817. The lowest BCUT2D eigenvalue weighted by Crippen LogP contribution is -2.50. The number of carbonyl (C=O) groups is 1. The second kappa shape index (κ2) is 7.45. The van der Waals surface area contributed by atoms with Crippen LogP contribution in [0.3, 0.4) is 0 Å². The normalized spacial score (nSPS) is 14.6. The Bertz CT molecular complexity index is 775. The minimum absolute atomic E-state index is 0.0551. The van der Waals surface area contributed by atoms with Gasteiger partial charge in [-0.15, -0.1) is 0 Å². The van der Waals surface area contributed by atoms with Gasteiger partial charge in [0.05, 0.1) is 10.7 Å². The first-order valence-corrected chi connectivity index (χ1v) is 8.41. The fourth-order valence-electron chi connectivity index (χ4n) is 2.71. The van der Waals surface area contributed by atoms with Crippen LogP contribution in [0.4, 0.5) is 25.0 Å². The Morgan fingerprint density at radius 1 is 1.00 bits per heavy atom. The molecule has 1 aliphatic heterocycles. The molecule has 1 fully saturated rings. The highest BCUT2D eigenvalue weighted by molar-refractivity contribution is 6.35. The Hall–Kier alpha value is -2.05. The van der Waals surface area contributed by atoms with Crippen molar-refractivity contribution in [2.24, 2.45) is 0 Å². The van der Waals surface area contributed by atoms with Gasteiger partial charge in [0.25, 0.3) is 0 Å². The van der Waals surface area contributed by atoms with Crippen molar-refractivity contribution in [3.8, 4) is 0 Å². The van der Waals surface area contributed by atoms with Gasteiger partial charge in [0.15, 0.2) is 0 Å². The van der Waals surface area contributed by atoms with E-state index in [0.29, 0.717) is 41.9 Å². The fourth-order valence-corrected chi connectivity index (χ4v) is 3.05. The molecule has 0 aliphatic carbocycles. The number of rotatable bonds is 2. The minimum atomic E-state index is -0.608. The number of piperazine rings is 1. The van der Waals surface area contributed by atoms with Gasteiger partial charge in [-0.1, -0.05) is 29.3 Å². The van der Waals surface area contributed by atoms with E-state index < -0.39 is 11.6 Å². The standard InChI is InChI=1S/C17H15Cl2F2N3O/c18-11-4-5-12(19)15(10-11)22-17(25)24-8-6-23(7-9-24)16-13(20)2-1-3-14(16)21/h1-5,10H,6-9H2,(H,22,25). The third-order valence-electron chi connectivity index (χ3n) is 3.99. The number of halogens is 4. The molecule has 0 atom stereocenters. The Morgan fingerprint density at radius 3 is 2.28 bits per heavy atom. The van der Waals surface area contributed by atoms with Crippen LogP contribution in [0.1, 0.15) is 0 Å². The van der Waals surface area contributed by atoms with E-state index in [1.807, 2.05) is 0 Å². The van der Waals surface area contributed by atoms with Gasteiger partial charge in [-0.25, -0.2) is 13.6 Å². The van der Waals surface area contributed by atoms with Crippen molar-refractivity contribution < 1.29 is 13.6 Å². The first kappa shape index (κ1) is 17.8. The van der Waals surface area contributed by atoms with Crippen molar-refractivity contribution in [1.82, 2.24) is 4.90 Å². The highest BCUT2D eigenvalue weighted by Gasteiger charge is 2.25. The molecule has 132 valence electrons. The number of nitrogens with one attached hydrogen (secondary N) is 1. The number of anilines is 2. The zero-order valence-corrected chi connectivity index (χ0v) is 14.6. The van der Waals surface area contributed by atoms with Gasteiger partial charge < -0.3 is 15.1 Å². The maximum Gasteiger partial charge on any atom is 0.322 e. The second-order valence-electron chi connectivity index (χ2n) is 5.60. The summed E-state index contributed by atoms with van der Waals surface area (Å²) in [7, 11) is 0. The zero-order valence-electron chi connectivity index (χ0n) is 13.1. The third kappa shape index (κ3) is 3.96. The van der Waals surface area contributed by atoms with Crippen molar-refractivity contribution in [2.45, 2.75) is 0 Å². The Kier molecular flexibility index (Phi) is 5.30. The van der Waals surface area contributed by atoms with Gasteiger partial charge >= 0.3 is 6.03 Å². The lowest BCUT2D eigenvalue weighted by molar-refractivity contribution is 0.208. The van der Waals surface area contributed by atoms with Gasteiger partial charge in [0.1, 0.15) is 17.3 Å². The number of amides is 2. The molecule has 1 aliphatic rings. The van der Waals surface area contributed by atoms with Crippen LogP contribution < -0.4 is 10.2 Å². The van der Waals surface area contributed by atoms with Crippen molar-refractivity contribution >= 4 is 40.6 Å². The molecule has 1 saturated heterocycles. The smallest absolute Gasteiger partial charge is 0.322 e. The number of para-hydroxylation sites is 1. The number of carbonyl (C=O) groups excluding carboxylic acids is 1. The van der Waals surface area contributed by atoms with Gasteiger partial charge in [-0.05, 0) is 30.3 Å². The van der Waals surface area contributed by atoms with Gasteiger partial charge in [0.2, 0.25) is 0 Å². The number of hydrogen-bond acceptors (Lipinski definition) is 2.